The van der Waals surface area contributed by atoms with E-state index in [0.717, 1.165) is 24.0 Å². The number of pyridine rings is 3. The average molecular weight is 532 g/mol. The Balaban J connectivity index is 1.41. The molecule has 1 unspecified atom stereocenters. The molecule has 4 heterocycles. The third-order valence-corrected chi connectivity index (χ3v) is 8.44. The van der Waals surface area contributed by atoms with Gasteiger partial charge < -0.3 is 9.64 Å². The number of carbonyl (C=O) groups excluding carboxylic acids is 1. The molecule has 0 saturated carbocycles. The van der Waals surface area contributed by atoms with E-state index in [2.05, 4.69) is 45.3 Å². The van der Waals surface area contributed by atoms with Crippen LogP contribution in [0.5, 0.6) is 11.6 Å². The molecule has 1 N–H and O–H groups in total. The first kappa shape index (κ1) is 25.6. The van der Waals surface area contributed by atoms with Crippen LogP contribution in [0.2, 0.25) is 0 Å². The molecular formula is C28H29N5O4S. The zero-order chi connectivity index (χ0) is 27.1. The van der Waals surface area contributed by atoms with Gasteiger partial charge in [0.05, 0.1) is 5.56 Å². The van der Waals surface area contributed by atoms with E-state index in [1.54, 1.807) is 30.5 Å². The van der Waals surface area contributed by atoms with Crippen molar-refractivity contribution in [3.05, 3.63) is 78.1 Å². The van der Waals surface area contributed by atoms with Crippen LogP contribution in [0.3, 0.4) is 0 Å². The van der Waals surface area contributed by atoms with Gasteiger partial charge in [-0.1, -0.05) is 31.2 Å². The fourth-order valence-electron chi connectivity index (χ4n) is 4.64. The Hall–Kier alpha value is -4.05. The molecule has 4 aromatic rings. The number of nitrogens with zero attached hydrogens (tertiary/aromatic N) is 4. The fraction of sp³-hybridized carbons (Fsp3) is 0.286. The van der Waals surface area contributed by atoms with Gasteiger partial charge in [0.2, 0.25) is 5.88 Å². The molecule has 3 aromatic heterocycles. The van der Waals surface area contributed by atoms with Gasteiger partial charge in [-0.25, -0.2) is 14.7 Å². The molecule has 9 nitrogen and oxygen atoms in total. The lowest BCUT2D eigenvalue weighted by molar-refractivity contribution is 0.0981. The summed E-state index contributed by atoms with van der Waals surface area (Å²) in [7, 11) is -4.30. The van der Waals surface area contributed by atoms with E-state index in [9.17, 15) is 13.2 Å². The van der Waals surface area contributed by atoms with E-state index >= 15 is 0 Å². The van der Waals surface area contributed by atoms with Crippen LogP contribution in [-0.4, -0.2) is 41.4 Å². The molecule has 1 saturated heterocycles. The predicted octanol–water partition coefficient (Wildman–Crippen LogP) is 4.87. The molecule has 1 amide bonds. The van der Waals surface area contributed by atoms with Crippen molar-refractivity contribution in [2.45, 2.75) is 44.7 Å². The van der Waals surface area contributed by atoms with Crippen molar-refractivity contribution in [2.24, 2.45) is 5.92 Å². The number of benzene rings is 1. The van der Waals surface area contributed by atoms with Crippen molar-refractivity contribution in [2.75, 3.05) is 11.4 Å². The van der Waals surface area contributed by atoms with Crippen LogP contribution in [0, 0.1) is 12.8 Å². The summed E-state index contributed by atoms with van der Waals surface area (Å²) in [5, 5.41) is 0.542. The van der Waals surface area contributed by atoms with Crippen LogP contribution in [0.15, 0.2) is 71.9 Å². The Bertz CT molecular complexity index is 1640. The van der Waals surface area contributed by atoms with Gasteiger partial charge in [0.1, 0.15) is 11.3 Å². The van der Waals surface area contributed by atoms with Crippen molar-refractivity contribution in [3.63, 3.8) is 0 Å². The Morgan fingerprint density at radius 3 is 2.61 bits per heavy atom. The van der Waals surface area contributed by atoms with Crippen molar-refractivity contribution in [3.8, 4) is 11.6 Å². The minimum atomic E-state index is -4.30. The van der Waals surface area contributed by atoms with Crippen LogP contribution >= 0.6 is 0 Å². The highest BCUT2D eigenvalue weighted by Crippen LogP contribution is 2.38. The van der Waals surface area contributed by atoms with Gasteiger partial charge in [-0.3, -0.25) is 4.79 Å². The number of nitrogens with one attached hydrogen (secondary N) is 1. The van der Waals surface area contributed by atoms with Gasteiger partial charge in [-0.05, 0) is 63.4 Å². The Morgan fingerprint density at radius 1 is 1.05 bits per heavy atom. The standard InChI is InChI=1S/C28H29N5O4S/c1-18-15-17-33(28(18,3)4)26-21(9-7-16-29-26)27(34)32-38(35,36)24-12-6-11-23(31-24)37-22-10-5-8-20-14-13-19(2)30-25(20)22/h5-14,16,18H,15,17H2,1-4H3,(H,32,34). The largest absolute Gasteiger partial charge is 0.437 e. The first-order valence-corrected chi connectivity index (χ1v) is 13.9. The number of fused-ring (bicyclic) bond motifs is 1. The lowest BCUT2D eigenvalue weighted by Crippen LogP contribution is -2.43. The number of hydrogen-bond acceptors (Lipinski definition) is 8. The number of ether oxygens (including phenoxy) is 1. The van der Waals surface area contributed by atoms with Crippen molar-refractivity contribution in [1.29, 1.82) is 0 Å². The second-order valence-corrected chi connectivity index (χ2v) is 11.6. The Morgan fingerprint density at radius 2 is 1.84 bits per heavy atom. The highest BCUT2D eigenvalue weighted by molar-refractivity contribution is 7.90. The van der Waals surface area contributed by atoms with Crippen LogP contribution in [0.4, 0.5) is 5.82 Å². The third kappa shape index (κ3) is 4.79. The van der Waals surface area contributed by atoms with E-state index in [1.807, 2.05) is 31.2 Å². The zero-order valence-corrected chi connectivity index (χ0v) is 22.5. The lowest BCUT2D eigenvalue weighted by atomic mass is 9.90. The summed E-state index contributed by atoms with van der Waals surface area (Å²) in [5.74, 6) is 0.575. The number of rotatable bonds is 6. The summed E-state index contributed by atoms with van der Waals surface area (Å²) >= 11 is 0. The third-order valence-electron chi connectivity index (χ3n) is 7.21. The molecule has 196 valence electrons. The Labute approximate surface area is 222 Å². The van der Waals surface area contributed by atoms with Gasteiger partial charge in [-0.15, -0.1) is 0 Å². The topological polar surface area (TPSA) is 114 Å². The van der Waals surface area contributed by atoms with Gasteiger partial charge in [0.15, 0.2) is 10.8 Å². The summed E-state index contributed by atoms with van der Waals surface area (Å²) in [6.07, 6.45) is 2.55. The minimum Gasteiger partial charge on any atom is -0.437 e. The number of amides is 1. The smallest absolute Gasteiger partial charge is 0.281 e. The molecule has 0 bridgehead atoms. The van der Waals surface area contributed by atoms with Gasteiger partial charge >= 0.3 is 0 Å². The summed E-state index contributed by atoms with van der Waals surface area (Å²) in [5.41, 5.74) is 1.41. The van der Waals surface area contributed by atoms with Crippen molar-refractivity contribution in [1.82, 2.24) is 19.7 Å². The first-order valence-electron chi connectivity index (χ1n) is 12.4. The first-order chi connectivity index (χ1) is 18.1. The maximum absolute atomic E-state index is 13.2. The van der Waals surface area contributed by atoms with Crippen LogP contribution in [0.25, 0.3) is 10.9 Å². The number of aryl methyl sites for hydroxylation is 1. The van der Waals surface area contributed by atoms with Crippen molar-refractivity contribution >= 4 is 32.7 Å². The highest BCUT2D eigenvalue weighted by Gasteiger charge is 2.40. The number of para-hydroxylation sites is 1. The molecule has 0 aliphatic carbocycles. The fourth-order valence-corrected chi connectivity index (χ4v) is 5.57. The number of hydrogen-bond donors (Lipinski definition) is 1. The highest BCUT2D eigenvalue weighted by atomic mass is 32.2. The average Bonchev–Trinajstić information content (AvgIpc) is 3.16. The second kappa shape index (κ2) is 9.68. The number of anilines is 1. The molecule has 1 fully saturated rings. The van der Waals surface area contributed by atoms with E-state index in [0.29, 0.717) is 23.0 Å². The predicted molar refractivity (Wildman–Crippen MR) is 145 cm³/mol. The van der Waals surface area contributed by atoms with Gasteiger partial charge in [0.25, 0.3) is 15.9 Å². The molecule has 1 aromatic carbocycles. The molecule has 1 aliphatic heterocycles. The normalized spacial score (nSPS) is 16.9. The maximum atomic E-state index is 13.2. The molecule has 5 rings (SSSR count). The number of aromatic nitrogens is 3. The summed E-state index contributed by atoms with van der Waals surface area (Å²) < 4.78 is 34.5. The van der Waals surface area contributed by atoms with E-state index in [-0.39, 0.29) is 22.0 Å². The van der Waals surface area contributed by atoms with E-state index in [4.69, 9.17) is 4.74 Å². The van der Waals surface area contributed by atoms with Gasteiger partial charge in [-0.2, -0.15) is 13.4 Å². The van der Waals surface area contributed by atoms with Crippen LogP contribution < -0.4 is 14.4 Å². The second-order valence-electron chi connectivity index (χ2n) is 10.0. The van der Waals surface area contributed by atoms with E-state index < -0.39 is 15.9 Å². The lowest BCUT2D eigenvalue weighted by Gasteiger charge is -2.36. The molecule has 10 heteroatoms. The van der Waals surface area contributed by atoms with Crippen molar-refractivity contribution < 1.29 is 17.9 Å². The summed E-state index contributed by atoms with van der Waals surface area (Å²) in [6.45, 7) is 8.95. The molecule has 0 radical (unpaired) electrons. The molecular weight excluding hydrogens is 502 g/mol. The number of sulfonamides is 1. The SMILES string of the molecule is Cc1ccc2cccc(Oc3cccc(S(=O)(=O)NC(=O)c4cccnc4N4CCC(C)C4(C)C)n3)c2n1. The maximum Gasteiger partial charge on any atom is 0.281 e. The monoisotopic (exact) mass is 531 g/mol. The summed E-state index contributed by atoms with van der Waals surface area (Å²) in [4.78, 5) is 28.4. The molecule has 38 heavy (non-hydrogen) atoms. The van der Waals surface area contributed by atoms with Crippen LogP contribution in [0.1, 0.15) is 43.2 Å². The zero-order valence-electron chi connectivity index (χ0n) is 21.7. The number of carbonyl (C=O) groups is 1. The molecule has 1 aliphatic rings. The quantitative estimate of drug-likeness (QED) is 0.375. The molecule has 1 atom stereocenters. The Kier molecular flexibility index (Phi) is 6.52. The van der Waals surface area contributed by atoms with Crippen LogP contribution in [-0.2, 0) is 10.0 Å². The van der Waals surface area contributed by atoms with Gasteiger partial charge in [0, 0.05) is 35.4 Å². The summed E-state index contributed by atoms with van der Waals surface area (Å²) in [6, 6.07) is 16.9. The molecule has 0 spiro atoms. The minimum absolute atomic E-state index is 0.0611. The van der Waals surface area contributed by atoms with E-state index in [1.165, 1.54) is 12.1 Å².